The highest BCUT2D eigenvalue weighted by molar-refractivity contribution is 6.76. The van der Waals surface area contributed by atoms with Crippen LogP contribution >= 0.6 is 81.2 Å². The van der Waals surface area contributed by atoms with Gasteiger partial charge in [0.05, 0.1) is 57.3 Å². The number of alkyl halides is 7. The second-order valence-corrected chi connectivity index (χ2v) is 14.2. The normalized spacial score (nSPS) is 17.0. The lowest BCUT2D eigenvalue weighted by molar-refractivity contribution is -0.134. The van der Waals surface area contributed by atoms with Crippen molar-refractivity contribution < 1.29 is 43.0 Å². The Morgan fingerprint density at radius 2 is 1.57 bits per heavy atom. The number of quaternary nitrogens is 1. The molecule has 1 amide bonds. The number of benzene rings is 2. The zero-order chi connectivity index (χ0) is 32.3. The monoisotopic (exact) mass is 857 g/mol. The standard InChI is InChI=1S/C27H27Cl3N3O4.2CH2Cl2.HI/c1-33(2,3)16-9-10-19(21(15-16)37-5)26-13-11-22(34)32-23-17(7-6-8-20(23)36-4)18(24(26)32)12-14-31(26)25(35)27(28,29)30;2*2-1-3;/h6-11,13,15H,12,14H2,1-5H3;2*1H2;1H/q+1;;;/p-1/t26-;;;/m0.../s1. The fourth-order valence-electron chi connectivity index (χ4n) is 5.56. The Morgan fingerprint density at radius 3 is 2.09 bits per heavy atom. The summed E-state index contributed by atoms with van der Waals surface area (Å²) in [5, 5.41) is 1.26. The summed E-state index contributed by atoms with van der Waals surface area (Å²) in [5.41, 5.74) is 2.55. The Hall–Kier alpha value is -0.820. The molecule has 1 aromatic heterocycles. The van der Waals surface area contributed by atoms with Gasteiger partial charge in [0.2, 0.25) is 0 Å². The van der Waals surface area contributed by atoms with E-state index >= 15 is 0 Å². The molecule has 2 aliphatic heterocycles. The molecule has 3 aromatic rings. The summed E-state index contributed by atoms with van der Waals surface area (Å²) in [4.78, 5) is 28.7. The van der Waals surface area contributed by atoms with Crippen LogP contribution in [0.5, 0.6) is 11.5 Å². The van der Waals surface area contributed by atoms with Crippen LogP contribution in [0.1, 0.15) is 21.6 Å². The number of hydrogen-bond acceptors (Lipinski definition) is 4. The molecule has 0 N–H and O–H groups in total. The van der Waals surface area contributed by atoms with Crippen molar-refractivity contribution in [2.24, 2.45) is 0 Å². The second-order valence-electron chi connectivity index (χ2n) is 10.3. The highest BCUT2D eigenvalue weighted by Crippen LogP contribution is 2.53. The molecule has 0 aliphatic carbocycles. The molecule has 5 rings (SSSR count). The second kappa shape index (κ2) is 15.8. The summed E-state index contributed by atoms with van der Waals surface area (Å²) in [5.74, 6) is 0.152. The molecule has 0 unspecified atom stereocenters. The number of nitrogens with zero attached hydrogens (tertiary/aromatic N) is 3. The average molecular weight is 861 g/mol. The van der Waals surface area contributed by atoms with E-state index in [1.165, 1.54) is 11.0 Å². The zero-order valence-corrected chi connectivity index (χ0v) is 31.9. The first-order valence-corrected chi connectivity index (χ1v) is 16.0. The van der Waals surface area contributed by atoms with Gasteiger partial charge in [0.25, 0.3) is 15.6 Å². The molecule has 0 saturated carbocycles. The van der Waals surface area contributed by atoms with Crippen molar-refractivity contribution >= 4 is 110 Å². The number of fused-ring (bicyclic) bond motifs is 3. The molecule has 7 nitrogen and oxygen atoms in total. The maximum atomic E-state index is 13.7. The van der Waals surface area contributed by atoms with Crippen molar-refractivity contribution in [3.8, 4) is 11.5 Å². The van der Waals surface area contributed by atoms with E-state index in [-0.39, 0.29) is 47.1 Å². The van der Waals surface area contributed by atoms with Gasteiger partial charge in [-0.25, -0.2) is 0 Å². The Kier molecular flexibility index (Phi) is 14.2. The molecule has 0 spiro atoms. The molecule has 3 heterocycles. The summed E-state index contributed by atoms with van der Waals surface area (Å²) in [7, 11) is 9.29. The van der Waals surface area contributed by atoms with Gasteiger partial charge in [-0.3, -0.25) is 18.6 Å². The molecule has 0 fully saturated rings. The third-order valence-electron chi connectivity index (χ3n) is 7.19. The molecule has 0 radical (unpaired) electrons. The lowest BCUT2D eigenvalue weighted by Gasteiger charge is -2.48. The number of aromatic nitrogens is 1. The van der Waals surface area contributed by atoms with Gasteiger partial charge in [0.15, 0.2) is 0 Å². The number of methoxy groups -OCH3 is 2. The molecule has 0 bridgehead atoms. The van der Waals surface area contributed by atoms with E-state index in [0.717, 1.165) is 16.6 Å². The van der Waals surface area contributed by atoms with Crippen LogP contribution in [0.15, 0.2) is 48.6 Å². The lowest BCUT2D eigenvalue weighted by Crippen LogP contribution is -3.00. The fourth-order valence-corrected chi connectivity index (χ4v) is 5.87. The summed E-state index contributed by atoms with van der Waals surface area (Å²) < 4.78 is 11.5. The molecule has 15 heteroatoms. The van der Waals surface area contributed by atoms with Crippen LogP contribution in [-0.2, 0) is 16.8 Å². The fraction of sp³-hybridized carbons (Fsp3) is 0.379. The van der Waals surface area contributed by atoms with E-state index in [1.807, 2.05) is 57.5 Å². The van der Waals surface area contributed by atoms with Crippen LogP contribution in [0.25, 0.3) is 10.9 Å². The van der Waals surface area contributed by atoms with Gasteiger partial charge in [-0.1, -0.05) is 46.9 Å². The van der Waals surface area contributed by atoms with Crippen LogP contribution in [0.3, 0.4) is 0 Å². The van der Waals surface area contributed by atoms with Crippen LogP contribution in [0, 0.1) is 0 Å². The minimum atomic E-state index is -2.20. The van der Waals surface area contributed by atoms with E-state index < -0.39 is 15.2 Å². The zero-order valence-electron chi connectivity index (χ0n) is 24.4. The summed E-state index contributed by atoms with van der Waals surface area (Å²) in [6.07, 6.45) is 3.64. The Bertz CT molecular complexity index is 1530. The largest absolute Gasteiger partial charge is 1.00 e. The molecular formula is C29H31Cl7IN3O4. The van der Waals surface area contributed by atoms with Crippen LogP contribution in [0.2, 0.25) is 0 Å². The molecular weight excluding hydrogens is 829 g/mol. The molecule has 2 aromatic carbocycles. The van der Waals surface area contributed by atoms with Gasteiger partial charge >= 0.3 is 0 Å². The summed E-state index contributed by atoms with van der Waals surface area (Å²) in [6, 6.07) is 11.5. The van der Waals surface area contributed by atoms with E-state index in [4.69, 9.17) is 90.7 Å². The van der Waals surface area contributed by atoms with Crippen LogP contribution in [0.4, 0.5) is 5.69 Å². The van der Waals surface area contributed by atoms with Gasteiger partial charge < -0.3 is 38.4 Å². The molecule has 0 saturated heterocycles. The van der Waals surface area contributed by atoms with Gasteiger partial charge in [0.1, 0.15) is 22.7 Å². The van der Waals surface area contributed by atoms with Crippen molar-refractivity contribution in [2.75, 3.05) is 52.6 Å². The predicted molar refractivity (Wildman–Crippen MR) is 180 cm³/mol. The van der Waals surface area contributed by atoms with Gasteiger partial charge in [-0.05, 0) is 36.3 Å². The number of para-hydroxylation sites is 1. The first-order valence-electron chi connectivity index (χ1n) is 12.8. The quantitative estimate of drug-likeness (QED) is 0.213. The number of carbonyl (C=O) groups is 2. The number of hydrogen-bond donors (Lipinski definition) is 0. The number of ether oxygens (including phenoxy) is 2. The number of halogens is 8. The molecule has 1 atom stereocenters. The first-order chi connectivity index (χ1) is 20.2. The van der Waals surface area contributed by atoms with Crippen LogP contribution in [-0.4, -0.2) is 77.7 Å². The number of rotatable bonds is 4. The highest BCUT2D eigenvalue weighted by Gasteiger charge is 2.55. The van der Waals surface area contributed by atoms with Crippen LogP contribution < -0.4 is 37.9 Å². The summed E-state index contributed by atoms with van der Waals surface area (Å²) in [6.45, 7) is 0.259. The Morgan fingerprint density at radius 1 is 0.977 bits per heavy atom. The lowest BCUT2D eigenvalue weighted by atomic mass is 9.76. The molecule has 2 aliphatic rings. The van der Waals surface area contributed by atoms with Crippen molar-refractivity contribution in [1.29, 1.82) is 0 Å². The average Bonchev–Trinajstić information content (AvgIpc) is 3.30. The predicted octanol–water partition coefficient (Wildman–Crippen LogP) is 4.91. The maximum Gasteiger partial charge on any atom is 0.276 e. The van der Waals surface area contributed by atoms with Crippen molar-refractivity contribution in [2.45, 2.75) is 15.8 Å². The smallest absolute Gasteiger partial charge is 0.276 e. The van der Waals surface area contributed by atoms with Crippen molar-refractivity contribution in [3.05, 3.63) is 65.4 Å². The highest BCUT2D eigenvalue weighted by atomic mass is 127. The maximum absolute atomic E-state index is 13.7. The number of carbonyl (C=O) groups excluding carboxylic acids is 2. The third-order valence-corrected chi connectivity index (χ3v) is 7.68. The van der Waals surface area contributed by atoms with E-state index in [0.29, 0.717) is 39.2 Å². The third kappa shape index (κ3) is 7.34. The number of allylic oxidation sites excluding steroid dienone is 1. The van der Waals surface area contributed by atoms with Crippen molar-refractivity contribution in [1.82, 2.24) is 14.0 Å². The topological polar surface area (TPSA) is 60.8 Å². The van der Waals surface area contributed by atoms with Gasteiger partial charge in [-0.2, -0.15) is 0 Å². The van der Waals surface area contributed by atoms with E-state index in [2.05, 4.69) is 0 Å². The number of amides is 1. The minimum absolute atomic E-state index is 0. The minimum Gasteiger partial charge on any atom is -1.00 e. The van der Waals surface area contributed by atoms with E-state index in [9.17, 15) is 9.59 Å². The first kappa shape index (κ1) is 39.4. The van der Waals surface area contributed by atoms with E-state index in [1.54, 1.807) is 24.9 Å². The van der Waals surface area contributed by atoms with Gasteiger partial charge in [-0.15, -0.1) is 46.4 Å². The van der Waals surface area contributed by atoms with Crippen molar-refractivity contribution in [3.63, 3.8) is 0 Å². The molecule has 44 heavy (non-hydrogen) atoms. The Labute approximate surface area is 309 Å². The van der Waals surface area contributed by atoms with Gasteiger partial charge in [0, 0.05) is 29.6 Å². The SMILES string of the molecule is COc1cc([N+](C)(C)C)ccc1[C@@]12C=CC(=O)n3c1c(c1cccc(OC)c13)CCN2C(=O)C(Cl)(Cl)Cl.ClCCl.ClCCl.[I-]. The molecule has 242 valence electrons. The summed E-state index contributed by atoms with van der Waals surface area (Å²) >= 11 is 37.6. The Balaban J connectivity index is 0.000000893.